The summed E-state index contributed by atoms with van der Waals surface area (Å²) < 4.78 is 9.25. The van der Waals surface area contributed by atoms with E-state index < -0.39 is 11.9 Å². The Morgan fingerprint density at radius 1 is 1.52 bits per heavy atom. The van der Waals surface area contributed by atoms with Crippen molar-refractivity contribution >= 4 is 33.9 Å². The summed E-state index contributed by atoms with van der Waals surface area (Å²) in [6.07, 6.45) is 1.19. The van der Waals surface area contributed by atoms with Crippen molar-refractivity contribution in [2.24, 2.45) is 0 Å². The number of amides is 1. The van der Waals surface area contributed by atoms with E-state index in [4.69, 9.17) is 5.73 Å². The third-order valence-corrected chi connectivity index (χ3v) is 3.73. The van der Waals surface area contributed by atoms with Gasteiger partial charge < -0.3 is 25.6 Å². The fourth-order valence-electron chi connectivity index (χ4n) is 1.59. The molecule has 0 aliphatic heterocycles. The van der Waals surface area contributed by atoms with Crippen LogP contribution in [0.5, 0.6) is 0 Å². The predicted molar refractivity (Wildman–Crippen MR) is 75.1 cm³/mol. The van der Waals surface area contributed by atoms with Crippen LogP contribution in [-0.2, 0) is 11.3 Å². The van der Waals surface area contributed by atoms with Gasteiger partial charge in [-0.25, -0.2) is 4.79 Å². The largest absolute Gasteiger partial charge is 0.465 e. The predicted octanol–water partition coefficient (Wildman–Crippen LogP) is 0.472. The van der Waals surface area contributed by atoms with Gasteiger partial charge in [0, 0.05) is 7.05 Å². The van der Waals surface area contributed by atoms with Crippen LogP contribution in [0.3, 0.4) is 0 Å². The van der Waals surface area contributed by atoms with E-state index in [0.717, 1.165) is 11.3 Å². The average molecular weight is 311 g/mol. The lowest BCUT2D eigenvalue weighted by molar-refractivity contribution is 0.0607. The molecule has 0 saturated heterocycles. The lowest BCUT2D eigenvalue weighted by Crippen LogP contribution is -2.20. The van der Waals surface area contributed by atoms with Gasteiger partial charge in [-0.05, 0) is 0 Å². The van der Waals surface area contributed by atoms with E-state index in [1.807, 2.05) is 0 Å². The van der Waals surface area contributed by atoms with Crippen LogP contribution in [0.4, 0.5) is 10.7 Å². The van der Waals surface area contributed by atoms with Crippen LogP contribution in [0.25, 0.3) is 0 Å². The zero-order chi connectivity index (χ0) is 15.4. The monoisotopic (exact) mass is 311 g/mol. The van der Waals surface area contributed by atoms with Crippen LogP contribution >= 0.6 is 11.3 Å². The van der Waals surface area contributed by atoms with E-state index in [1.54, 1.807) is 0 Å². The maximum atomic E-state index is 11.9. The highest BCUT2D eigenvalue weighted by atomic mass is 32.1. The molecule has 2 rings (SSSR count). The highest BCUT2D eigenvalue weighted by Gasteiger charge is 2.25. The maximum absolute atomic E-state index is 11.9. The molecule has 21 heavy (non-hydrogen) atoms. The number of nitrogens with zero attached hydrogens (tertiary/aromatic N) is 2. The summed E-state index contributed by atoms with van der Waals surface area (Å²) in [7, 11) is 2.72. The summed E-state index contributed by atoms with van der Waals surface area (Å²) in [6, 6.07) is 0. The molecule has 0 radical (unpaired) electrons. The Labute approximate surface area is 123 Å². The first kappa shape index (κ1) is 14.8. The third-order valence-electron chi connectivity index (χ3n) is 2.58. The molecule has 0 aliphatic rings. The standard InChI is InChI=1S/C11H13N5O4S/c1-13-9(17)6-7(12)8(11(18)19-2)21-10(6)14-3-5-15-4-20-16-5/h4,14H,3,12H2,1-2H3,(H,13,17). The van der Waals surface area contributed by atoms with Gasteiger partial charge in [-0.3, -0.25) is 4.79 Å². The molecule has 0 aromatic carbocycles. The second kappa shape index (κ2) is 6.22. The Balaban J connectivity index is 2.33. The fourth-order valence-corrected chi connectivity index (χ4v) is 2.62. The van der Waals surface area contributed by atoms with E-state index in [-0.39, 0.29) is 22.7 Å². The van der Waals surface area contributed by atoms with Crippen molar-refractivity contribution in [3.63, 3.8) is 0 Å². The number of hydrogen-bond donors (Lipinski definition) is 3. The first-order valence-electron chi connectivity index (χ1n) is 5.80. The normalized spacial score (nSPS) is 10.2. The number of hydrogen-bond acceptors (Lipinski definition) is 9. The molecule has 0 bridgehead atoms. The Morgan fingerprint density at radius 2 is 2.29 bits per heavy atom. The molecule has 0 unspecified atom stereocenters. The van der Waals surface area contributed by atoms with Crippen molar-refractivity contribution in [1.29, 1.82) is 0 Å². The highest BCUT2D eigenvalue weighted by molar-refractivity contribution is 7.19. The molecule has 0 spiro atoms. The van der Waals surface area contributed by atoms with Gasteiger partial charge in [-0.2, -0.15) is 4.98 Å². The molecule has 10 heteroatoms. The summed E-state index contributed by atoms with van der Waals surface area (Å²) in [5, 5.41) is 9.49. The number of ether oxygens (including phenoxy) is 1. The number of nitrogen functional groups attached to an aromatic ring is 1. The van der Waals surface area contributed by atoms with Crippen LogP contribution in [-0.4, -0.2) is 36.2 Å². The Bertz CT molecular complexity index is 652. The number of aromatic nitrogens is 2. The highest BCUT2D eigenvalue weighted by Crippen LogP contribution is 2.36. The molecular weight excluding hydrogens is 298 g/mol. The zero-order valence-corrected chi connectivity index (χ0v) is 12.1. The van der Waals surface area contributed by atoms with Gasteiger partial charge in [0.25, 0.3) is 5.91 Å². The van der Waals surface area contributed by atoms with Crippen molar-refractivity contribution < 1.29 is 18.8 Å². The molecule has 4 N–H and O–H groups in total. The van der Waals surface area contributed by atoms with Crippen molar-refractivity contribution in [3.8, 4) is 0 Å². The minimum Gasteiger partial charge on any atom is -0.465 e. The van der Waals surface area contributed by atoms with E-state index in [1.165, 1.54) is 20.6 Å². The Morgan fingerprint density at radius 3 is 2.86 bits per heavy atom. The van der Waals surface area contributed by atoms with E-state index in [9.17, 15) is 9.59 Å². The second-order valence-electron chi connectivity index (χ2n) is 3.82. The molecule has 2 aromatic heterocycles. The van der Waals surface area contributed by atoms with Crippen LogP contribution in [0.1, 0.15) is 25.9 Å². The lowest BCUT2D eigenvalue weighted by Gasteiger charge is -2.05. The van der Waals surface area contributed by atoms with Gasteiger partial charge in [0.15, 0.2) is 5.82 Å². The number of methoxy groups -OCH3 is 1. The van der Waals surface area contributed by atoms with Crippen molar-refractivity contribution in [3.05, 3.63) is 22.7 Å². The second-order valence-corrected chi connectivity index (χ2v) is 4.84. The molecule has 9 nitrogen and oxygen atoms in total. The SMILES string of the molecule is CNC(=O)c1c(NCc2ncon2)sc(C(=O)OC)c1N. The smallest absolute Gasteiger partial charge is 0.350 e. The van der Waals surface area contributed by atoms with Crippen LogP contribution < -0.4 is 16.4 Å². The van der Waals surface area contributed by atoms with E-state index in [0.29, 0.717) is 10.8 Å². The summed E-state index contributed by atoms with van der Waals surface area (Å²) >= 11 is 1.03. The summed E-state index contributed by atoms with van der Waals surface area (Å²) in [5.74, 6) is -0.603. The lowest BCUT2D eigenvalue weighted by atomic mass is 10.2. The van der Waals surface area contributed by atoms with Gasteiger partial charge in [-0.1, -0.05) is 5.16 Å². The number of thiophene rings is 1. The van der Waals surface area contributed by atoms with Gasteiger partial charge >= 0.3 is 5.97 Å². The first-order chi connectivity index (χ1) is 10.1. The number of nitrogens with two attached hydrogens (primary N) is 1. The molecule has 2 heterocycles. The summed E-state index contributed by atoms with van der Waals surface area (Å²) in [6.45, 7) is 0.223. The quantitative estimate of drug-likeness (QED) is 0.679. The molecule has 0 fully saturated rings. The third kappa shape index (κ3) is 2.94. The van der Waals surface area contributed by atoms with Gasteiger partial charge in [-0.15, -0.1) is 11.3 Å². The fraction of sp³-hybridized carbons (Fsp3) is 0.273. The van der Waals surface area contributed by atoms with Crippen LogP contribution in [0.2, 0.25) is 0 Å². The maximum Gasteiger partial charge on any atom is 0.350 e. The van der Waals surface area contributed by atoms with Gasteiger partial charge in [0.1, 0.15) is 9.88 Å². The van der Waals surface area contributed by atoms with E-state index >= 15 is 0 Å². The topological polar surface area (TPSA) is 132 Å². The summed E-state index contributed by atoms with van der Waals surface area (Å²) in [4.78, 5) is 27.6. The average Bonchev–Trinajstić information content (AvgIpc) is 3.11. The molecule has 2 aromatic rings. The van der Waals surface area contributed by atoms with Crippen molar-refractivity contribution in [2.45, 2.75) is 6.54 Å². The van der Waals surface area contributed by atoms with Crippen LogP contribution in [0, 0.1) is 0 Å². The number of anilines is 2. The van der Waals surface area contributed by atoms with E-state index in [2.05, 4.69) is 30.0 Å². The Kier molecular flexibility index (Phi) is 4.38. The number of carbonyl (C=O) groups is 2. The van der Waals surface area contributed by atoms with Crippen molar-refractivity contribution in [2.75, 3.05) is 25.2 Å². The Hall–Kier alpha value is -2.62. The molecule has 0 aliphatic carbocycles. The number of rotatable bonds is 5. The number of carbonyl (C=O) groups excluding carboxylic acids is 2. The molecule has 1 amide bonds. The van der Waals surface area contributed by atoms with Crippen LogP contribution in [0.15, 0.2) is 10.9 Å². The number of esters is 1. The molecule has 112 valence electrons. The van der Waals surface area contributed by atoms with Crippen molar-refractivity contribution in [1.82, 2.24) is 15.5 Å². The number of nitrogens with one attached hydrogen (secondary N) is 2. The summed E-state index contributed by atoms with van der Waals surface area (Å²) in [5.41, 5.74) is 6.12. The minimum absolute atomic E-state index is 0.0711. The minimum atomic E-state index is -0.602. The van der Waals surface area contributed by atoms with Gasteiger partial charge in [0.05, 0.1) is 24.9 Å². The molecular formula is C11H13N5O4S. The van der Waals surface area contributed by atoms with Gasteiger partial charge in [0.2, 0.25) is 6.39 Å². The zero-order valence-electron chi connectivity index (χ0n) is 11.3. The molecule has 0 atom stereocenters. The first-order valence-corrected chi connectivity index (χ1v) is 6.61. The molecule has 0 saturated carbocycles.